The zero-order chi connectivity index (χ0) is 57.6. The van der Waals surface area contributed by atoms with E-state index in [9.17, 15) is 4.11 Å². The Hall–Kier alpha value is -10.8. The molecule has 82 heavy (non-hydrogen) atoms. The third-order valence-corrected chi connectivity index (χ3v) is 16.4. The molecule has 16 rings (SSSR count). The molecular formula is C76H50BN5. The lowest BCUT2D eigenvalue weighted by atomic mass is 9.33. The molecule has 382 valence electrons. The summed E-state index contributed by atoms with van der Waals surface area (Å²) >= 11 is 0. The van der Waals surface area contributed by atoms with Gasteiger partial charge >= 0.3 is 0 Å². The molecule has 0 spiro atoms. The van der Waals surface area contributed by atoms with E-state index >= 15 is 0 Å². The van der Waals surface area contributed by atoms with Crippen molar-refractivity contribution in [1.82, 2.24) is 14.5 Å². The number of anilines is 6. The molecule has 0 saturated heterocycles. The maximum atomic E-state index is 9.85. The van der Waals surface area contributed by atoms with Crippen LogP contribution >= 0.6 is 0 Å². The number of aromatic nitrogens is 3. The number of para-hydroxylation sites is 2. The first-order chi connectivity index (χ1) is 42.4. The first kappa shape index (κ1) is 43.1. The zero-order valence-electron chi connectivity index (χ0n) is 48.4. The van der Waals surface area contributed by atoms with E-state index in [1.54, 1.807) is 0 Å². The van der Waals surface area contributed by atoms with Crippen LogP contribution in [-0.2, 0) is 0 Å². The molecule has 0 unspecified atom stereocenters. The maximum Gasteiger partial charge on any atom is 0.252 e. The van der Waals surface area contributed by atoms with Gasteiger partial charge in [0.1, 0.15) is 0 Å². The molecule has 2 aliphatic rings. The number of hydrogen-bond acceptors (Lipinski definition) is 4. The van der Waals surface area contributed by atoms with Crippen LogP contribution in [0.4, 0.5) is 34.1 Å². The minimum atomic E-state index is -0.362. The largest absolute Gasteiger partial charge is 0.310 e. The molecule has 0 amide bonds. The van der Waals surface area contributed by atoms with Gasteiger partial charge in [-0.15, -0.1) is 0 Å². The van der Waals surface area contributed by atoms with Crippen LogP contribution in [0.5, 0.6) is 0 Å². The van der Waals surface area contributed by atoms with E-state index in [-0.39, 0.29) is 30.9 Å². The SMILES string of the molecule is [2H]c1c([2H])c([2H])c2c(c1[2H])c1ccccc1n2-c1cc2c3c(c1)N(c1c(-c4ccccc4)cncc1-c1ccccc1)c1ccc(-c4ccccc4)cc1B3c1cc(-c3ccccc3)ccc1N2c1c(-c2ccccc2)cncc1-c1ccccc1. The topological polar surface area (TPSA) is 37.2 Å². The Labute approximate surface area is 482 Å². The summed E-state index contributed by atoms with van der Waals surface area (Å²) in [7, 11) is 0. The van der Waals surface area contributed by atoms with Crippen LogP contribution < -0.4 is 26.2 Å². The number of hydrogen-bond donors (Lipinski definition) is 0. The van der Waals surface area contributed by atoms with E-state index in [0.29, 0.717) is 16.6 Å². The smallest absolute Gasteiger partial charge is 0.252 e. The Balaban J connectivity index is 1.13. The lowest BCUT2D eigenvalue weighted by Gasteiger charge is -2.46. The number of nitrogens with zero attached hydrogens (tertiary/aromatic N) is 5. The molecule has 0 saturated carbocycles. The van der Waals surface area contributed by atoms with Gasteiger partial charge < -0.3 is 14.4 Å². The molecular weight excluding hydrogens is 994 g/mol. The Morgan fingerprint density at radius 2 is 0.695 bits per heavy atom. The minimum absolute atomic E-state index is 0.0848. The lowest BCUT2D eigenvalue weighted by Crippen LogP contribution is -2.61. The number of pyridine rings is 2. The second-order valence-corrected chi connectivity index (χ2v) is 21.0. The highest BCUT2D eigenvalue weighted by atomic mass is 15.2. The Kier molecular flexibility index (Phi) is 10.3. The number of benzene rings is 11. The van der Waals surface area contributed by atoms with E-state index < -0.39 is 0 Å². The van der Waals surface area contributed by atoms with Gasteiger partial charge in [0, 0.05) is 80.6 Å². The van der Waals surface area contributed by atoms with Gasteiger partial charge in [0.25, 0.3) is 6.71 Å². The Bertz CT molecular complexity index is 4630. The quantitative estimate of drug-likeness (QED) is 0.135. The summed E-state index contributed by atoms with van der Waals surface area (Å²) < 4.78 is 39.8. The zero-order valence-corrected chi connectivity index (χ0v) is 44.4. The Morgan fingerprint density at radius 3 is 1.12 bits per heavy atom. The van der Waals surface area contributed by atoms with E-state index in [4.69, 9.17) is 11.3 Å². The van der Waals surface area contributed by atoms with Crippen molar-refractivity contribution < 1.29 is 5.48 Å². The average Bonchev–Trinajstić information content (AvgIpc) is 0.880. The molecule has 0 fully saturated rings. The van der Waals surface area contributed by atoms with Crippen LogP contribution in [0.3, 0.4) is 0 Å². The number of fused-ring (bicyclic) bond motifs is 7. The van der Waals surface area contributed by atoms with E-state index in [1.807, 2.05) is 73.3 Å². The molecule has 5 heterocycles. The predicted octanol–water partition coefficient (Wildman–Crippen LogP) is 17.7. The van der Waals surface area contributed by atoms with Crippen molar-refractivity contribution in [3.8, 4) is 72.4 Å². The average molecular weight is 1050 g/mol. The van der Waals surface area contributed by atoms with Gasteiger partial charge in [0.15, 0.2) is 0 Å². The van der Waals surface area contributed by atoms with Crippen LogP contribution in [-0.4, -0.2) is 21.2 Å². The molecule has 3 aromatic heterocycles. The van der Waals surface area contributed by atoms with Crippen molar-refractivity contribution in [2.24, 2.45) is 0 Å². The van der Waals surface area contributed by atoms with Crippen LogP contribution in [0, 0.1) is 0 Å². The predicted molar refractivity (Wildman–Crippen MR) is 343 cm³/mol. The van der Waals surface area contributed by atoms with Crippen molar-refractivity contribution in [2.75, 3.05) is 9.80 Å². The third kappa shape index (κ3) is 7.64. The molecule has 0 N–H and O–H groups in total. The second kappa shape index (κ2) is 19.5. The standard InChI is InChI=1S/C76H50BN5/c1-7-23-51(24-8-1)57-39-41-70-66(43-57)77-67-44-58(52-25-9-2-10-26-52)40-42-71(67)82(76-64(55-31-15-5-16-32-55)49-79-50-65(76)56-33-17-6-18-34-56)73-46-59(80-68-37-21-19-35-60(68)61-36-20-22-38-69(61)80)45-72(74(73)77)81(70)75-62(53-27-11-3-12-28-53)47-78-48-63(75)54-29-13-4-14-30-54/h1-50H/i19D,21D,35D,37D. The monoisotopic (exact) mass is 1050 g/mol. The van der Waals surface area contributed by atoms with E-state index in [2.05, 4.69) is 221 Å². The number of rotatable bonds is 9. The second-order valence-electron chi connectivity index (χ2n) is 21.0. The maximum absolute atomic E-state index is 9.85. The first-order valence-electron chi connectivity index (χ1n) is 29.7. The van der Waals surface area contributed by atoms with Crippen molar-refractivity contribution in [3.63, 3.8) is 0 Å². The highest BCUT2D eigenvalue weighted by Crippen LogP contribution is 2.53. The highest BCUT2D eigenvalue weighted by molar-refractivity contribution is 7.00. The fourth-order valence-corrected chi connectivity index (χ4v) is 12.9. The molecule has 11 aromatic carbocycles. The van der Waals surface area contributed by atoms with Crippen molar-refractivity contribution in [1.29, 1.82) is 0 Å². The van der Waals surface area contributed by atoms with Gasteiger partial charge in [0.05, 0.1) is 33.6 Å². The van der Waals surface area contributed by atoms with Gasteiger partial charge in [-0.05, 0) is 97.3 Å². The fraction of sp³-hybridized carbons (Fsp3) is 0. The summed E-state index contributed by atoms with van der Waals surface area (Å²) in [4.78, 5) is 15.0. The molecule has 6 heteroatoms. The van der Waals surface area contributed by atoms with Gasteiger partial charge in [-0.3, -0.25) is 9.97 Å². The summed E-state index contributed by atoms with van der Waals surface area (Å²) in [6.07, 6.45) is 7.96. The van der Waals surface area contributed by atoms with E-state index in [0.717, 1.165) is 128 Å². The van der Waals surface area contributed by atoms with Gasteiger partial charge in [-0.2, -0.15) is 0 Å². The molecule has 0 bridgehead atoms. The summed E-state index contributed by atoms with van der Waals surface area (Å²) in [5, 5.41) is 1.18. The van der Waals surface area contributed by atoms with Crippen LogP contribution in [0.15, 0.2) is 304 Å². The van der Waals surface area contributed by atoms with Crippen LogP contribution in [0.1, 0.15) is 5.48 Å². The van der Waals surface area contributed by atoms with Gasteiger partial charge in [-0.1, -0.05) is 243 Å². The van der Waals surface area contributed by atoms with Gasteiger partial charge in [-0.25, -0.2) is 0 Å². The molecule has 0 radical (unpaired) electrons. The van der Waals surface area contributed by atoms with Crippen molar-refractivity contribution in [2.45, 2.75) is 0 Å². The fourth-order valence-electron chi connectivity index (χ4n) is 12.9. The summed E-state index contributed by atoms with van der Waals surface area (Å²) in [5.74, 6) is 0. The van der Waals surface area contributed by atoms with E-state index in [1.165, 1.54) is 0 Å². The van der Waals surface area contributed by atoms with Crippen LogP contribution in [0.25, 0.3) is 94.3 Å². The third-order valence-electron chi connectivity index (χ3n) is 16.4. The first-order valence-corrected chi connectivity index (χ1v) is 27.7. The molecule has 0 atom stereocenters. The van der Waals surface area contributed by atoms with Crippen LogP contribution in [0.2, 0.25) is 0 Å². The minimum Gasteiger partial charge on any atom is -0.310 e. The Morgan fingerprint density at radius 1 is 0.317 bits per heavy atom. The molecule has 2 aliphatic heterocycles. The summed E-state index contributed by atoms with van der Waals surface area (Å²) in [6, 6.07) is 88.9. The highest BCUT2D eigenvalue weighted by Gasteiger charge is 2.46. The normalized spacial score (nSPS) is 13.0. The van der Waals surface area contributed by atoms with Crippen molar-refractivity contribution >= 4 is 79.0 Å². The summed E-state index contributed by atoms with van der Waals surface area (Å²) in [5.41, 5.74) is 22.8. The molecule has 5 nitrogen and oxygen atoms in total. The lowest BCUT2D eigenvalue weighted by molar-refractivity contribution is 1.16. The van der Waals surface area contributed by atoms with Gasteiger partial charge in [0.2, 0.25) is 0 Å². The molecule has 0 aliphatic carbocycles. The molecule has 14 aromatic rings. The van der Waals surface area contributed by atoms with Crippen molar-refractivity contribution in [3.05, 3.63) is 304 Å². The summed E-state index contributed by atoms with van der Waals surface area (Å²) in [6.45, 7) is -0.362.